The Morgan fingerprint density at radius 3 is 2.68 bits per heavy atom. The molecule has 3 heterocycles. The number of aromatic nitrogens is 1. The number of urea groups is 1. The monoisotopic (exact) mass is 344 g/mol. The van der Waals surface area contributed by atoms with E-state index in [1.807, 2.05) is 18.2 Å². The first kappa shape index (κ1) is 17.3. The molecule has 0 unspecified atom stereocenters. The van der Waals surface area contributed by atoms with Crippen LogP contribution in [0.5, 0.6) is 0 Å². The smallest absolute Gasteiger partial charge is 0.322 e. The molecular formula is C18H24N4O3. The number of amides is 2. The van der Waals surface area contributed by atoms with Crippen LogP contribution in [-0.2, 0) is 11.3 Å². The summed E-state index contributed by atoms with van der Waals surface area (Å²) in [4.78, 5) is 20.5. The third-order valence-corrected chi connectivity index (χ3v) is 4.06. The average molecular weight is 344 g/mol. The zero-order chi connectivity index (χ0) is 17.8. The van der Waals surface area contributed by atoms with E-state index in [-0.39, 0.29) is 18.2 Å². The highest BCUT2D eigenvalue weighted by molar-refractivity contribution is 5.89. The molecule has 0 spiro atoms. The molecule has 2 aromatic rings. The Morgan fingerprint density at radius 1 is 1.32 bits per heavy atom. The van der Waals surface area contributed by atoms with Crippen molar-refractivity contribution < 1.29 is 13.9 Å². The van der Waals surface area contributed by atoms with Crippen LogP contribution in [-0.4, -0.2) is 48.3 Å². The fourth-order valence-corrected chi connectivity index (χ4v) is 2.94. The Kier molecular flexibility index (Phi) is 5.23. The van der Waals surface area contributed by atoms with E-state index in [1.165, 1.54) is 0 Å². The number of carbonyl (C=O) groups excluding carboxylic acids is 1. The number of carbonyl (C=O) groups is 1. The number of hydrogen-bond donors (Lipinski definition) is 1. The topological polar surface area (TPSA) is 70.8 Å². The van der Waals surface area contributed by atoms with E-state index in [0.29, 0.717) is 12.2 Å². The largest absolute Gasteiger partial charge is 0.467 e. The van der Waals surface area contributed by atoms with Crippen molar-refractivity contribution in [3.63, 3.8) is 0 Å². The van der Waals surface area contributed by atoms with Gasteiger partial charge in [-0.25, -0.2) is 9.78 Å². The van der Waals surface area contributed by atoms with Crippen molar-refractivity contribution >= 4 is 17.5 Å². The van der Waals surface area contributed by atoms with Gasteiger partial charge in [-0.3, -0.25) is 0 Å². The van der Waals surface area contributed by atoms with Gasteiger partial charge >= 0.3 is 6.03 Å². The molecule has 1 saturated heterocycles. The first-order chi connectivity index (χ1) is 12.0. The number of nitrogens with zero attached hydrogens (tertiary/aromatic N) is 3. The maximum absolute atomic E-state index is 12.2. The van der Waals surface area contributed by atoms with Crippen LogP contribution in [0.3, 0.4) is 0 Å². The first-order valence-electron chi connectivity index (χ1n) is 8.42. The Balaban J connectivity index is 1.57. The summed E-state index contributed by atoms with van der Waals surface area (Å²) in [5.41, 5.74) is 0.661. The second-order valence-electron chi connectivity index (χ2n) is 6.43. The number of ether oxygens (including phenoxy) is 1. The number of anilines is 2. The maximum Gasteiger partial charge on any atom is 0.322 e. The molecule has 0 aromatic carbocycles. The lowest BCUT2D eigenvalue weighted by molar-refractivity contribution is -0.00545. The number of pyridine rings is 1. The summed E-state index contributed by atoms with van der Waals surface area (Å²) in [6.07, 6.45) is 3.64. The van der Waals surface area contributed by atoms with Crippen molar-refractivity contribution in [3.05, 3.63) is 42.5 Å². The first-order valence-corrected chi connectivity index (χ1v) is 8.42. The van der Waals surface area contributed by atoms with Crippen molar-refractivity contribution in [2.45, 2.75) is 32.6 Å². The molecule has 7 nitrogen and oxygen atoms in total. The van der Waals surface area contributed by atoms with Gasteiger partial charge in [0.15, 0.2) is 0 Å². The van der Waals surface area contributed by atoms with Gasteiger partial charge in [-0.15, -0.1) is 0 Å². The number of nitrogens with one attached hydrogen (secondary N) is 1. The van der Waals surface area contributed by atoms with Crippen molar-refractivity contribution in [1.29, 1.82) is 0 Å². The molecule has 7 heteroatoms. The maximum atomic E-state index is 12.2. The minimum Gasteiger partial charge on any atom is -0.467 e. The number of furan rings is 1. The summed E-state index contributed by atoms with van der Waals surface area (Å²) in [5, 5.41) is 2.84. The fourth-order valence-electron chi connectivity index (χ4n) is 2.94. The summed E-state index contributed by atoms with van der Waals surface area (Å²) in [7, 11) is 1.72. The predicted octanol–water partition coefficient (Wildman–Crippen LogP) is 2.95. The second-order valence-corrected chi connectivity index (χ2v) is 6.43. The van der Waals surface area contributed by atoms with E-state index < -0.39 is 0 Å². The molecule has 0 saturated carbocycles. The van der Waals surface area contributed by atoms with Crippen LogP contribution in [0.1, 0.15) is 19.6 Å². The van der Waals surface area contributed by atoms with Gasteiger partial charge in [0.25, 0.3) is 0 Å². The zero-order valence-corrected chi connectivity index (χ0v) is 14.8. The van der Waals surface area contributed by atoms with Crippen LogP contribution in [0, 0.1) is 0 Å². The molecule has 3 rings (SSSR count). The van der Waals surface area contributed by atoms with Gasteiger partial charge in [-0.05, 0) is 38.1 Å². The SMILES string of the molecule is C[C@@H]1CN(c2ccc(NC(=O)N(C)Cc3ccco3)cn2)C[C@@H](C)O1. The van der Waals surface area contributed by atoms with Gasteiger partial charge in [0, 0.05) is 20.1 Å². The molecule has 0 bridgehead atoms. The van der Waals surface area contributed by atoms with Crippen molar-refractivity contribution in [2.24, 2.45) is 0 Å². The molecule has 0 aliphatic carbocycles. The van der Waals surface area contributed by atoms with Crippen LogP contribution >= 0.6 is 0 Å². The molecule has 0 radical (unpaired) electrons. The molecule has 2 atom stereocenters. The summed E-state index contributed by atoms with van der Waals surface area (Å²) in [5.74, 6) is 1.63. The summed E-state index contributed by atoms with van der Waals surface area (Å²) in [6, 6.07) is 7.22. The van der Waals surface area contributed by atoms with Gasteiger partial charge < -0.3 is 24.3 Å². The second kappa shape index (κ2) is 7.57. The van der Waals surface area contributed by atoms with E-state index in [1.54, 1.807) is 30.5 Å². The highest BCUT2D eigenvalue weighted by atomic mass is 16.5. The average Bonchev–Trinajstić information content (AvgIpc) is 3.07. The lowest BCUT2D eigenvalue weighted by Crippen LogP contribution is -2.45. The van der Waals surface area contributed by atoms with Crippen LogP contribution in [0.25, 0.3) is 0 Å². The molecule has 134 valence electrons. The van der Waals surface area contributed by atoms with Gasteiger partial charge in [0.1, 0.15) is 11.6 Å². The third kappa shape index (κ3) is 4.51. The number of hydrogen-bond acceptors (Lipinski definition) is 5. The molecule has 1 aliphatic heterocycles. The van der Waals surface area contributed by atoms with Crippen LogP contribution < -0.4 is 10.2 Å². The zero-order valence-electron chi connectivity index (χ0n) is 14.8. The fraction of sp³-hybridized carbons (Fsp3) is 0.444. The normalized spacial score (nSPS) is 20.4. The number of morpholine rings is 1. The Labute approximate surface area is 147 Å². The molecule has 1 aliphatic rings. The minimum absolute atomic E-state index is 0.181. The van der Waals surface area contributed by atoms with Crippen molar-refractivity contribution in [2.75, 3.05) is 30.4 Å². The summed E-state index contributed by atoms with van der Waals surface area (Å²) >= 11 is 0. The van der Waals surface area contributed by atoms with E-state index in [4.69, 9.17) is 9.15 Å². The van der Waals surface area contributed by atoms with Gasteiger partial charge in [0.2, 0.25) is 0 Å². The molecular weight excluding hydrogens is 320 g/mol. The standard InChI is InChI=1S/C18H24N4O3/c1-13-10-22(11-14(2)25-13)17-7-6-15(9-19-17)20-18(23)21(3)12-16-5-4-8-24-16/h4-9,13-14H,10-12H2,1-3H3,(H,20,23)/t13-,14-/m1/s1. The minimum atomic E-state index is -0.209. The Hall–Kier alpha value is -2.54. The quantitative estimate of drug-likeness (QED) is 0.923. The summed E-state index contributed by atoms with van der Waals surface area (Å²) < 4.78 is 11.0. The Morgan fingerprint density at radius 2 is 2.08 bits per heavy atom. The number of rotatable bonds is 4. The van der Waals surface area contributed by atoms with Crippen LogP contribution in [0.2, 0.25) is 0 Å². The van der Waals surface area contributed by atoms with Crippen LogP contribution in [0.4, 0.5) is 16.3 Å². The van der Waals surface area contributed by atoms with Crippen molar-refractivity contribution in [1.82, 2.24) is 9.88 Å². The van der Waals surface area contributed by atoms with Crippen molar-refractivity contribution in [3.8, 4) is 0 Å². The lowest BCUT2D eigenvalue weighted by atomic mass is 10.2. The van der Waals surface area contributed by atoms with Gasteiger partial charge in [-0.1, -0.05) is 0 Å². The predicted molar refractivity (Wildman–Crippen MR) is 95.7 cm³/mol. The highest BCUT2D eigenvalue weighted by Crippen LogP contribution is 2.20. The van der Waals surface area contributed by atoms with E-state index >= 15 is 0 Å². The molecule has 25 heavy (non-hydrogen) atoms. The molecule has 1 fully saturated rings. The van der Waals surface area contributed by atoms with E-state index in [0.717, 1.165) is 24.7 Å². The third-order valence-electron chi connectivity index (χ3n) is 4.06. The molecule has 2 amide bonds. The van der Waals surface area contributed by atoms with Gasteiger partial charge in [-0.2, -0.15) is 0 Å². The molecule has 1 N–H and O–H groups in total. The molecule has 2 aromatic heterocycles. The highest BCUT2D eigenvalue weighted by Gasteiger charge is 2.23. The summed E-state index contributed by atoms with van der Waals surface area (Å²) in [6.45, 7) is 6.16. The lowest BCUT2D eigenvalue weighted by Gasteiger charge is -2.36. The Bertz CT molecular complexity index is 677. The van der Waals surface area contributed by atoms with Crippen LogP contribution in [0.15, 0.2) is 41.1 Å². The van der Waals surface area contributed by atoms with E-state index in [2.05, 4.69) is 29.0 Å². The van der Waals surface area contributed by atoms with E-state index in [9.17, 15) is 4.79 Å². The van der Waals surface area contributed by atoms with Gasteiger partial charge in [0.05, 0.1) is 36.9 Å².